The van der Waals surface area contributed by atoms with Crippen LogP contribution in [0.1, 0.15) is 36.9 Å². The maximum Gasteiger partial charge on any atom is 0.295 e. The van der Waals surface area contributed by atoms with Crippen LogP contribution in [0.25, 0.3) is 5.76 Å². The molecule has 3 rings (SSSR count). The lowest BCUT2D eigenvalue weighted by molar-refractivity contribution is -0.140. The van der Waals surface area contributed by atoms with E-state index >= 15 is 0 Å². The molecule has 1 amide bonds. The van der Waals surface area contributed by atoms with Gasteiger partial charge in [-0.05, 0) is 54.8 Å². The number of amides is 1. The SMILES string of the molecule is CCCOc1ccc(/C(O)=C2\C(=O)C(=O)N(CCCOC)[C@H]2c2cc(OC)c(OC)c(OC)c2)cc1. The molecule has 0 aromatic heterocycles. The average molecular weight is 500 g/mol. The molecular formula is C27H33NO8. The van der Waals surface area contributed by atoms with Crippen molar-refractivity contribution in [3.8, 4) is 23.0 Å². The van der Waals surface area contributed by atoms with Gasteiger partial charge in [0.25, 0.3) is 11.7 Å². The zero-order valence-electron chi connectivity index (χ0n) is 21.3. The Labute approximate surface area is 211 Å². The molecule has 0 unspecified atom stereocenters. The Morgan fingerprint density at radius 2 is 1.58 bits per heavy atom. The molecule has 1 atom stereocenters. The molecule has 1 aliphatic heterocycles. The molecule has 0 aliphatic carbocycles. The summed E-state index contributed by atoms with van der Waals surface area (Å²) in [7, 11) is 6.03. The van der Waals surface area contributed by atoms with E-state index in [2.05, 4.69) is 0 Å². The van der Waals surface area contributed by atoms with Gasteiger partial charge in [0, 0.05) is 25.8 Å². The van der Waals surface area contributed by atoms with Gasteiger partial charge in [-0.1, -0.05) is 6.92 Å². The number of carbonyl (C=O) groups is 2. The van der Waals surface area contributed by atoms with Crippen molar-refractivity contribution in [1.82, 2.24) is 4.90 Å². The largest absolute Gasteiger partial charge is 0.507 e. The minimum absolute atomic E-state index is 0.0195. The number of carbonyl (C=O) groups excluding carboxylic acids is 2. The first-order valence-corrected chi connectivity index (χ1v) is 11.7. The molecule has 0 saturated carbocycles. The second-order valence-electron chi connectivity index (χ2n) is 8.17. The van der Waals surface area contributed by atoms with Gasteiger partial charge in [0.2, 0.25) is 5.75 Å². The summed E-state index contributed by atoms with van der Waals surface area (Å²) in [6.07, 6.45) is 1.37. The van der Waals surface area contributed by atoms with Gasteiger partial charge >= 0.3 is 0 Å². The summed E-state index contributed by atoms with van der Waals surface area (Å²) in [6, 6.07) is 9.23. The highest BCUT2D eigenvalue weighted by Gasteiger charge is 2.46. The molecule has 194 valence electrons. The van der Waals surface area contributed by atoms with E-state index in [1.165, 1.54) is 26.2 Å². The van der Waals surface area contributed by atoms with Gasteiger partial charge in [0.15, 0.2) is 11.5 Å². The van der Waals surface area contributed by atoms with Crippen molar-refractivity contribution < 1.29 is 38.4 Å². The van der Waals surface area contributed by atoms with Gasteiger partial charge in [-0.25, -0.2) is 0 Å². The number of rotatable bonds is 12. The van der Waals surface area contributed by atoms with Crippen LogP contribution in [0.15, 0.2) is 42.0 Å². The van der Waals surface area contributed by atoms with Crippen LogP contribution in [-0.4, -0.2) is 69.9 Å². The highest BCUT2D eigenvalue weighted by molar-refractivity contribution is 6.46. The van der Waals surface area contributed by atoms with Crippen LogP contribution in [-0.2, 0) is 14.3 Å². The average Bonchev–Trinajstić information content (AvgIpc) is 3.16. The van der Waals surface area contributed by atoms with Crippen LogP contribution in [0.4, 0.5) is 0 Å². The number of hydrogen-bond donors (Lipinski definition) is 1. The second kappa shape index (κ2) is 12.3. The number of ketones is 1. The first-order valence-electron chi connectivity index (χ1n) is 11.7. The van der Waals surface area contributed by atoms with Crippen LogP contribution >= 0.6 is 0 Å². The second-order valence-corrected chi connectivity index (χ2v) is 8.17. The Morgan fingerprint density at radius 3 is 2.11 bits per heavy atom. The monoisotopic (exact) mass is 499 g/mol. The molecule has 2 aromatic rings. The zero-order chi connectivity index (χ0) is 26.2. The Kier molecular flexibility index (Phi) is 9.19. The molecular weight excluding hydrogens is 466 g/mol. The fourth-order valence-electron chi connectivity index (χ4n) is 4.18. The minimum Gasteiger partial charge on any atom is -0.507 e. The number of aliphatic hydroxyl groups excluding tert-OH is 1. The lowest BCUT2D eigenvalue weighted by Gasteiger charge is -2.26. The molecule has 9 heteroatoms. The summed E-state index contributed by atoms with van der Waals surface area (Å²) >= 11 is 0. The number of nitrogens with zero attached hydrogens (tertiary/aromatic N) is 1. The van der Waals surface area contributed by atoms with Crippen molar-refractivity contribution in [3.63, 3.8) is 0 Å². The highest BCUT2D eigenvalue weighted by Crippen LogP contribution is 2.45. The molecule has 0 radical (unpaired) electrons. The number of methoxy groups -OCH3 is 4. The molecule has 2 aromatic carbocycles. The Bertz CT molecular complexity index is 1080. The maximum atomic E-state index is 13.2. The van der Waals surface area contributed by atoms with Crippen molar-refractivity contribution in [3.05, 3.63) is 53.1 Å². The van der Waals surface area contributed by atoms with Gasteiger partial charge in [-0.2, -0.15) is 0 Å². The van der Waals surface area contributed by atoms with E-state index < -0.39 is 17.7 Å². The molecule has 1 saturated heterocycles. The minimum atomic E-state index is -0.869. The summed E-state index contributed by atoms with van der Waals surface area (Å²) in [5, 5.41) is 11.3. The summed E-state index contributed by atoms with van der Waals surface area (Å²) in [6.45, 7) is 3.23. The molecule has 0 bridgehead atoms. The van der Waals surface area contributed by atoms with Crippen molar-refractivity contribution in [2.24, 2.45) is 0 Å². The summed E-state index contributed by atoms with van der Waals surface area (Å²) in [4.78, 5) is 27.8. The molecule has 9 nitrogen and oxygen atoms in total. The van der Waals surface area contributed by atoms with Crippen LogP contribution in [0, 0.1) is 0 Å². The normalized spacial score (nSPS) is 16.8. The van der Waals surface area contributed by atoms with E-state index in [4.69, 9.17) is 23.7 Å². The van der Waals surface area contributed by atoms with Crippen LogP contribution in [0.5, 0.6) is 23.0 Å². The van der Waals surface area contributed by atoms with Crippen molar-refractivity contribution in [1.29, 1.82) is 0 Å². The topological polar surface area (TPSA) is 104 Å². The van der Waals surface area contributed by atoms with E-state index in [0.29, 0.717) is 53.8 Å². The zero-order valence-corrected chi connectivity index (χ0v) is 21.3. The Morgan fingerprint density at radius 1 is 0.944 bits per heavy atom. The molecule has 1 N–H and O–H groups in total. The van der Waals surface area contributed by atoms with Gasteiger partial charge < -0.3 is 33.7 Å². The van der Waals surface area contributed by atoms with Crippen molar-refractivity contribution in [2.45, 2.75) is 25.8 Å². The van der Waals surface area contributed by atoms with E-state index in [1.54, 1.807) is 43.5 Å². The third-order valence-electron chi connectivity index (χ3n) is 5.89. The van der Waals surface area contributed by atoms with Gasteiger partial charge in [-0.3, -0.25) is 9.59 Å². The van der Waals surface area contributed by atoms with Gasteiger partial charge in [0.05, 0.1) is 39.6 Å². The Hall–Kier alpha value is -3.72. The van der Waals surface area contributed by atoms with Crippen LogP contribution in [0.3, 0.4) is 0 Å². The van der Waals surface area contributed by atoms with Crippen LogP contribution in [0.2, 0.25) is 0 Å². The predicted molar refractivity (Wildman–Crippen MR) is 134 cm³/mol. The first-order chi connectivity index (χ1) is 17.4. The smallest absolute Gasteiger partial charge is 0.295 e. The molecule has 1 aliphatic rings. The van der Waals surface area contributed by atoms with Gasteiger partial charge in [0.1, 0.15) is 11.5 Å². The molecule has 1 fully saturated rings. The number of hydrogen-bond acceptors (Lipinski definition) is 8. The fraction of sp³-hybridized carbons (Fsp3) is 0.407. The standard InChI is InChI=1S/C27H33NO8/c1-6-13-36-19-10-8-17(9-11-19)24(29)22-23(28(12-7-14-32-2)27(31)25(22)30)18-15-20(33-3)26(35-5)21(16-18)34-4/h8-11,15-16,23,29H,6-7,12-14H2,1-5H3/b24-22+/t23-/m0/s1. The van der Waals surface area contributed by atoms with Crippen LogP contribution < -0.4 is 18.9 Å². The van der Waals surface area contributed by atoms with E-state index in [9.17, 15) is 14.7 Å². The number of likely N-dealkylation sites (tertiary alicyclic amines) is 1. The molecule has 1 heterocycles. The Balaban J connectivity index is 2.16. The van der Waals surface area contributed by atoms with Crippen molar-refractivity contribution >= 4 is 17.4 Å². The number of Topliss-reactive ketones (excluding diaryl/α,β-unsaturated/α-hetero) is 1. The number of ether oxygens (including phenoxy) is 5. The van der Waals surface area contributed by atoms with Crippen molar-refractivity contribution in [2.75, 3.05) is 48.2 Å². The number of benzene rings is 2. The fourth-order valence-corrected chi connectivity index (χ4v) is 4.18. The van der Waals surface area contributed by atoms with E-state index in [1.807, 2.05) is 6.92 Å². The van der Waals surface area contributed by atoms with E-state index in [-0.39, 0.29) is 17.9 Å². The van der Waals surface area contributed by atoms with E-state index in [0.717, 1.165) is 6.42 Å². The summed E-state index contributed by atoms with van der Waals surface area (Å²) in [5.41, 5.74) is 0.908. The third kappa shape index (κ3) is 5.41. The number of aliphatic hydroxyl groups is 1. The maximum absolute atomic E-state index is 13.2. The highest BCUT2D eigenvalue weighted by atomic mass is 16.5. The quantitative estimate of drug-likeness (QED) is 0.203. The summed E-state index contributed by atoms with van der Waals surface area (Å²) < 4.78 is 27.1. The lowest BCUT2D eigenvalue weighted by Crippen LogP contribution is -2.31. The lowest BCUT2D eigenvalue weighted by atomic mass is 9.94. The first kappa shape index (κ1) is 26.9. The molecule has 36 heavy (non-hydrogen) atoms. The molecule has 0 spiro atoms. The summed E-state index contributed by atoms with van der Waals surface area (Å²) in [5.74, 6) is 0.0172. The predicted octanol–water partition coefficient (Wildman–Crippen LogP) is 3.96. The third-order valence-corrected chi connectivity index (χ3v) is 5.89. The van der Waals surface area contributed by atoms with Gasteiger partial charge in [-0.15, -0.1) is 0 Å².